The molecule has 0 fully saturated rings. The molecule has 6 heteroatoms. The fourth-order valence-electron chi connectivity index (χ4n) is 2.86. The smallest absolute Gasteiger partial charge is 0.204 e. The maximum absolute atomic E-state index is 12.3. The van der Waals surface area contributed by atoms with Gasteiger partial charge in [-0.15, -0.1) is 0 Å². The van der Waals surface area contributed by atoms with E-state index in [1.54, 1.807) is 6.07 Å². The van der Waals surface area contributed by atoms with E-state index in [4.69, 9.17) is 9.47 Å². The van der Waals surface area contributed by atoms with Crippen LogP contribution < -0.4 is 4.74 Å². The zero-order valence-electron chi connectivity index (χ0n) is 13.2. The molecule has 3 N–H and O–H groups in total. The molecule has 3 rings (SSSR count). The third kappa shape index (κ3) is 3.00. The van der Waals surface area contributed by atoms with Crippen LogP contribution in [0.1, 0.15) is 27.9 Å². The highest BCUT2D eigenvalue weighted by Crippen LogP contribution is 2.40. The SMILES string of the molecule is COC1Cc2c(CCC(=O)c3ccc(O)cc3O)ccc(O)c2O1. The number of aromatic hydroxyl groups is 3. The summed E-state index contributed by atoms with van der Waals surface area (Å²) in [5.41, 5.74) is 1.91. The fourth-order valence-corrected chi connectivity index (χ4v) is 2.86. The van der Waals surface area contributed by atoms with Crippen LogP contribution in [0.2, 0.25) is 0 Å². The molecule has 0 amide bonds. The summed E-state index contributed by atoms with van der Waals surface area (Å²) < 4.78 is 10.7. The van der Waals surface area contributed by atoms with Crippen molar-refractivity contribution >= 4 is 5.78 Å². The lowest BCUT2D eigenvalue weighted by molar-refractivity contribution is -0.0377. The summed E-state index contributed by atoms with van der Waals surface area (Å²) in [6.45, 7) is 0. The topological polar surface area (TPSA) is 96.2 Å². The van der Waals surface area contributed by atoms with E-state index in [2.05, 4.69) is 0 Å². The minimum atomic E-state index is -0.441. The highest BCUT2D eigenvalue weighted by Gasteiger charge is 2.28. The normalized spacial score (nSPS) is 15.8. The van der Waals surface area contributed by atoms with Gasteiger partial charge in [0.15, 0.2) is 17.3 Å². The van der Waals surface area contributed by atoms with Crippen LogP contribution in [0.5, 0.6) is 23.0 Å². The number of phenolic OH excluding ortho intramolecular Hbond substituents is 3. The van der Waals surface area contributed by atoms with Crippen molar-refractivity contribution in [1.82, 2.24) is 0 Å². The van der Waals surface area contributed by atoms with Crippen LogP contribution in [-0.2, 0) is 17.6 Å². The van der Waals surface area contributed by atoms with Crippen molar-refractivity contribution in [3.8, 4) is 23.0 Å². The Morgan fingerprint density at radius 1 is 1.21 bits per heavy atom. The van der Waals surface area contributed by atoms with Crippen molar-refractivity contribution in [2.45, 2.75) is 25.6 Å². The fraction of sp³-hybridized carbons (Fsp3) is 0.278. The van der Waals surface area contributed by atoms with Gasteiger partial charge in [0.2, 0.25) is 6.29 Å². The quantitative estimate of drug-likeness (QED) is 0.729. The number of ether oxygens (including phenoxy) is 2. The summed E-state index contributed by atoms with van der Waals surface area (Å²) >= 11 is 0. The molecule has 126 valence electrons. The third-order valence-electron chi connectivity index (χ3n) is 4.12. The maximum atomic E-state index is 12.3. The lowest BCUT2D eigenvalue weighted by Crippen LogP contribution is -2.14. The average Bonchev–Trinajstić information content (AvgIpc) is 2.99. The summed E-state index contributed by atoms with van der Waals surface area (Å²) in [6, 6.07) is 7.21. The molecule has 2 aromatic rings. The minimum Gasteiger partial charge on any atom is -0.508 e. The molecule has 1 aliphatic heterocycles. The van der Waals surface area contributed by atoms with Crippen LogP contribution in [0.4, 0.5) is 0 Å². The van der Waals surface area contributed by atoms with E-state index in [0.29, 0.717) is 18.6 Å². The van der Waals surface area contributed by atoms with Gasteiger partial charge in [-0.3, -0.25) is 4.79 Å². The molecule has 0 bridgehead atoms. The molecule has 1 heterocycles. The monoisotopic (exact) mass is 330 g/mol. The largest absolute Gasteiger partial charge is 0.508 e. The van der Waals surface area contributed by atoms with Crippen LogP contribution in [0.25, 0.3) is 0 Å². The summed E-state index contributed by atoms with van der Waals surface area (Å²) in [7, 11) is 1.53. The molecule has 0 saturated carbocycles. The molecule has 0 spiro atoms. The van der Waals surface area contributed by atoms with E-state index < -0.39 is 6.29 Å². The lowest BCUT2D eigenvalue weighted by Gasteiger charge is -2.09. The number of rotatable bonds is 5. The molecular weight excluding hydrogens is 312 g/mol. The number of fused-ring (bicyclic) bond motifs is 1. The third-order valence-corrected chi connectivity index (χ3v) is 4.12. The van der Waals surface area contributed by atoms with Crippen molar-refractivity contribution in [2.75, 3.05) is 7.11 Å². The van der Waals surface area contributed by atoms with Crippen LogP contribution in [0.3, 0.4) is 0 Å². The second-order valence-corrected chi connectivity index (χ2v) is 5.66. The molecule has 2 aromatic carbocycles. The predicted octanol–water partition coefficient (Wildman–Crippen LogP) is 2.53. The summed E-state index contributed by atoms with van der Waals surface area (Å²) in [4.78, 5) is 12.3. The highest BCUT2D eigenvalue weighted by atomic mass is 16.7. The van der Waals surface area contributed by atoms with Crippen molar-refractivity contribution in [3.63, 3.8) is 0 Å². The van der Waals surface area contributed by atoms with Crippen LogP contribution in [-0.4, -0.2) is 34.5 Å². The Hall–Kier alpha value is -2.73. The number of hydrogen-bond donors (Lipinski definition) is 3. The molecule has 24 heavy (non-hydrogen) atoms. The van der Waals surface area contributed by atoms with Crippen molar-refractivity contribution in [1.29, 1.82) is 0 Å². The van der Waals surface area contributed by atoms with Crippen LogP contribution >= 0.6 is 0 Å². The minimum absolute atomic E-state index is 0.0517. The van der Waals surface area contributed by atoms with Crippen molar-refractivity contribution in [2.24, 2.45) is 0 Å². The standard InChI is InChI=1S/C18H18O6/c1-23-17-9-13-10(3-7-15(21)18(13)24-17)2-6-14(20)12-5-4-11(19)8-16(12)22/h3-5,7-8,17,19,21-22H,2,6,9H2,1H3. The van der Waals surface area contributed by atoms with Crippen molar-refractivity contribution < 1.29 is 29.6 Å². The number of benzene rings is 2. The summed E-state index contributed by atoms with van der Waals surface area (Å²) in [6.07, 6.45) is 0.701. The van der Waals surface area contributed by atoms with E-state index in [-0.39, 0.29) is 35.0 Å². The van der Waals surface area contributed by atoms with E-state index in [1.807, 2.05) is 0 Å². The van der Waals surface area contributed by atoms with Crippen molar-refractivity contribution in [3.05, 3.63) is 47.0 Å². The van der Waals surface area contributed by atoms with Gasteiger partial charge >= 0.3 is 0 Å². The second-order valence-electron chi connectivity index (χ2n) is 5.66. The number of carbonyl (C=O) groups is 1. The highest BCUT2D eigenvalue weighted by molar-refractivity contribution is 5.98. The average molecular weight is 330 g/mol. The Labute approximate surface area is 138 Å². The molecule has 0 aliphatic carbocycles. The van der Waals surface area contributed by atoms with Gasteiger partial charge in [-0.1, -0.05) is 6.07 Å². The van der Waals surface area contributed by atoms with E-state index >= 15 is 0 Å². The first-order chi connectivity index (χ1) is 11.5. The number of carbonyl (C=O) groups excluding carboxylic acids is 1. The molecule has 0 aromatic heterocycles. The maximum Gasteiger partial charge on any atom is 0.204 e. The second kappa shape index (κ2) is 6.41. The van der Waals surface area contributed by atoms with Gasteiger partial charge < -0.3 is 24.8 Å². The van der Waals surface area contributed by atoms with Crippen LogP contribution in [0, 0.1) is 0 Å². The first-order valence-electron chi connectivity index (χ1n) is 7.58. The zero-order valence-corrected chi connectivity index (χ0v) is 13.2. The van der Waals surface area contributed by atoms with Gasteiger partial charge in [0.25, 0.3) is 0 Å². The molecule has 1 unspecified atom stereocenters. The molecule has 1 atom stereocenters. The number of methoxy groups -OCH3 is 1. The number of Topliss-reactive ketones (excluding diaryl/α,β-unsaturated/α-hetero) is 1. The number of phenols is 3. The Morgan fingerprint density at radius 3 is 2.71 bits per heavy atom. The van der Waals surface area contributed by atoms with E-state index in [9.17, 15) is 20.1 Å². The first kappa shape index (κ1) is 16.1. The summed E-state index contributed by atoms with van der Waals surface area (Å²) in [5, 5.41) is 28.9. The molecule has 1 aliphatic rings. The zero-order chi connectivity index (χ0) is 17.3. The predicted molar refractivity (Wildman–Crippen MR) is 85.7 cm³/mol. The van der Waals surface area contributed by atoms with Gasteiger partial charge in [-0.05, 0) is 30.2 Å². The van der Waals surface area contributed by atoms with Gasteiger partial charge in [-0.2, -0.15) is 0 Å². The number of hydrogen-bond acceptors (Lipinski definition) is 6. The first-order valence-corrected chi connectivity index (χ1v) is 7.58. The van der Waals surface area contributed by atoms with Gasteiger partial charge in [-0.25, -0.2) is 0 Å². The lowest BCUT2D eigenvalue weighted by atomic mass is 9.97. The Bertz CT molecular complexity index is 783. The molecule has 0 radical (unpaired) electrons. The van der Waals surface area contributed by atoms with Gasteiger partial charge in [0.1, 0.15) is 11.5 Å². The molecular formula is C18H18O6. The molecule has 6 nitrogen and oxygen atoms in total. The van der Waals surface area contributed by atoms with Gasteiger partial charge in [0.05, 0.1) is 5.56 Å². The Balaban J connectivity index is 1.76. The Morgan fingerprint density at radius 2 is 2.00 bits per heavy atom. The van der Waals surface area contributed by atoms with E-state index in [1.165, 1.54) is 25.3 Å². The summed E-state index contributed by atoms with van der Waals surface area (Å²) in [5.74, 6) is -0.103. The number of aryl methyl sites for hydroxylation is 1. The van der Waals surface area contributed by atoms with Gasteiger partial charge in [0, 0.05) is 31.6 Å². The molecule has 0 saturated heterocycles. The number of ketones is 1. The Kier molecular flexibility index (Phi) is 4.31. The van der Waals surface area contributed by atoms with Crippen LogP contribution in [0.15, 0.2) is 30.3 Å². The van der Waals surface area contributed by atoms with E-state index in [0.717, 1.165) is 17.2 Å².